The second-order valence-electron chi connectivity index (χ2n) is 0.566. The quantitative estimate of drug-likeness (QED) is 0.566. The third kappa shape index (κ3) is 5.98. The van der Waals surface area contributed by atoms with E-state index in [1.165, 1.54) is 0 Å². The van der Waals surface area contributed by atoms with Gasteiger partial charge in [0.2, 0.25) is 0 Å². The number of halogens is 3. The average molecular weight is 150 g/mol. The molecule has 0 bridgehead atoms. The third-order valence-corrected chi connectivity index (χ3v) is 0.323. The monoisotopic (exact) mass is 149 g/mol. The van der Waals surface area contributed by atoms with E-state index in [9.17, 15) is 9.18 Å². The van der Waals surface area contributed by atoms with Crippen molar-refractivity contribution in [1.82, 2.24) is 0 Å². The predicted octanol–water partition coefficient (Wildman–Crippen LogP) is 1.03. The van der Waals surface area contributed by atoms with Crippen LogP contribution in [0, 0.1) is 0 Å². The summed E-state index contributed by atoms with van der Waals surface area (Å²) in [6, 6.07) is 0. The average Bonchev–Trinajstić information content (AvgIpc) is 1.31. The van der Waals surface area contributed by atoms with Crippen LogP contribution in [-0.4, -0.2) is 16.7 Å². The molecule has 7 heavy (non-hydrogen) atoms. The Morgan fingerprint density at radius 3 is 2.29 bits per heavy atom. The highest BCUT2D eigenvalue weighted by molar-refractivity contribution is 6.28. The standard InChI is InChI=1S/C2H2ClFO2.ClH/c3-1(4)2(5)6;/h1H,(H,5,6);1H/i1D;. The minimum Gasteiger partial charge on any atom is -0.478 e. The summed E-state index contributed by atoms with van der Waals surface area (Å²) in [5.41, 5.74) is -3.36. The minimum absolute atomic E-state index is 0. The second kappa shape index (κ2) is 4.15. The Labute approximate surface area is 52.1 Å². The molecule has 0 saturated carbocycles. The first-order valence-corrected chi connectivity index (χ1v) is 1.43. The summed E-state index contributed by atoms with van der Waals surface area (Å²) in [5.74, 6) is -1.99. The van der Waals surface area contributed by atoms with Crippen LogP contribution in [0.25, 0.3) is 0 Å². The largest absolute Gasteiger partial charge is 0.478 e. The molecule has 0 aromatic carbocycles. The Kier molecular flexibility index (Phi) is 4.14. The van der Waals surface area contributed by atoms with E-state index >= 15 is 0 Å². The van der Waals surface area contributed by atoms with Gasteiger partial charge in [-0.2, -0.15) is 0 Å². The Hall–Kier alpha value is -0.0200. The van der Waals surface area contributed by atoms with Crippen LogP contribution in [0.2, 0.25) is 0 Å². The maximum absolute atomic E-state index is 11.3. The van der Waals surface area contributed by atoms with Gasteiger partial charge >= 0.3 is 5.97 Å². The van der Waals surface area contributed by atoms with Crippen molar-refractivity contribution >= 4 is 30.0 Å². The van der Waals surface area contributed by atoms with Gasteiger partial charge < -0.3 is 5.11 Å². The fourth-order valence-electron chi connectivity index (χ4n) is 0. The van der Waals surface area contributed by atoms with Gasteiger partial charge in [0, 0.05) is 0 Å². The van der Waals surface area contributed by atoms with Crippen LogP contribution < -0.4 is 0 Å². The molecule has 0 aliphatic rings. The zero-order valence-corrected chi connectivity index (χ0v) is 4.59. The van der Waals surface area contributed by atoms with Crippen LogP contribution in [0.4, 0.5) is 4.39 Å². The van der Waals surface area contributed by atoms with Gasteiger partial charge in [-0.15, -0.1) is 12.4 Å². The van der Waals surface area contributed by atoms with Crippen LogP contribution >= 0.6 is 24.0 Å². The van der Waals surface area contributed by atoms with Gasteiger partial charge in [-0.25, -0.2) is 9.18 Å². The molecule has 1 atom stereocenters. The van der Waals surface area contributed by atoms with E-state index < -0.39 is 11.6 Å². The number of alkyl halides is 2. The van der Waals surface area contributed by atoms with Crippen LogP contribution in [0.15, 0.2) is 0 Å². The van der Waals surface area contributed by atoms with Crippen molar-refractivity contribution in [3.63, 3.8) is 0 Å². The number of carboxylic acids is 1. The number of hydrogen-bond donors (Lipinski definition) is 1. The molecule has 0 amide bonds. The molecule has 0 aliphatic carbocycles. The molecule has 0 fully saturated rings. The van der Waals surface area contributed by atoms with Gasteiger partial charge in [0.05, 0.1) is 1.37 Å². The molecule has 0 saturated heterocycles. The fraction of sp³-hybridized carbons (Fsp3) is 0.500. The van der Waals surface area contributed by atoms with Crippen LogP contribution in [0.1, 0.15) is 1.37 Å². The molecule has 0 aromatic rings. The summed E-state index contributed by atoms with van der Waals surface area (Å²) >= 11 is 4.27. The van der Waals surface area contributed by atoms with E-state index in [0.717, 1.165) is 0 Å². The number of hydrogen-bond acceptors (Lipinski definition) is 1. The van der Waals surface area contributed by atoms with Gasteiger partial charge in [-0.1, -0.05) is 11.6 Å². The van der Waals surface area contributed by atoms with Crippen molar-refractivity contribution in [3.05, 3.63) is 0 Å². The molecule has 1 unspecified atom stereocenters. The first-order valence-electron chi connectivity index (χ1n) is 1.56. The Balaban J connectivity index is 0. The normalized spacial score (nSPS) is 18.3. The van der Waals surface area contributed by atoms with Crippen molar-refractivity contribution in [3.8, 4) is 0 Å². The SMILES string of the molecule is Cl.[2H]C(F)(Cl)C(=O)O. The lowest BCUT2D eigenvalue weighted by Gasteiger charge is -1.82. The molecule has 0 radical (unpaired) electrons. The molecular formula is C2H3Cl2FO2. The Bertz CT molecular complexity index is 90.5. The van der Waals surface area contributed by atoms with Crippen molar-refractivity contribution in [2.75, 3.05) is 0 Å². The van der Waals surface area contributed by atoms with E-state index in [1.807, 2.05) is 0 Å². The molecule has 2 nitrogen and oxygen atoms in total. The van der Waals surface area contributed by atoms with Crippen LogP contribution in [-0.2, 0) is 4.79 Å². The number of carbonyl (C=O) groups is 1. The molecule has 0 aromatic heterocycles. The van der Waals surface area contributed by atoms with E-state index in [-0.39, 0.29) is 12.4 Å². The fourth-order valence-corrected chi connectivity index (χ4v) is 0. The van der Waals surface area contributed by atoms with Crippen molar-refractivity contribution in [1.29, 1.82) is 0 Å². The Morgan fingerprint density at radius 1 is 2.14 bits per heavy atom. The van der Waals surface area contributed by atoms with Crippen molar-refractivity contribution in [2.45, 2.75) is 5.61 Å². The molecule has 0 heterocycles. The molecule has 44 valence electrons. The summed E-state index contributed by atoms with van der Waals surface area (Å²) in [6.07, 6.45) is 0. The highest BCUT2D eigenvalue weighted by atomic mass is 35.5. The zero-order chi connectivity index (χ0) is 6.08. The van der Waals surface area contributed by atoms with Gasteiger partial charge in [0.15, 0.2) is 0 Å². The second-order valence-corrected chi connectivity index (χ2v) is 0.897. The van der Waals surface area contributed by atoms with E-state index in [1.54, 1.807) is 0 Å². The minimum atomic E-state index is -3.36. The summed E-state index contributed by atoms with van der Waals surface area (Å²) in [7, 11) is 0. The lowest BCUT2D eigenvalue weighted by Crippen LogP contribution is -2.05. The smallest absolute Gasteiger partial charge is 0.354 e. The summed E-state index contributed by atoms with van der Waals surface area (Å²) < 4.78 is 17.2. The molecule has 5 heteroatoms. The molecule has 0 rings (SSSR count). The maximum Gasteiger partial charge on any atom is 0.354 e. The third-order valence-electron chi connectivity index (χ3n) is 0.162. The van der Waals surface area contributed by atoms with Crippen LogP contribution in [0.3, 0.4) is 0 Å². The molecule has 0 aliphatic heterocycles. The summed E-state index contributed by atoms with van der Waals surface area (Å²) in [5, 5.41) is 7.56. The van der Waals surface area contributed by atoms with Crippen molar-refractivity contribution in [2.24, 2.45) is 0 Å². The first-order chi connectivity index (χ1) is 2.94. The lowest BCUT2D eigenvalue weighted by atomic mass is 10.8. The Morgan fingerprint density at radius 2 is 2.29 bits per heavy atom. The summed E-state index contributed by atoms with van der Waals surface area (Å²) in [6.45, 7) is 0. The van der Waals surface area contributed by atoms with E-state index in [0.29, 0.717) is 0 Å². The topological polar surface area (TPSA) is 37.3 Å². The van der Waals surface area contributed by atoms with Gasteiger partial charge in [0.25, 0.3) is 5.61 Å². The number of rotatable bonds is 1. The lowest BCUT2D eigenvalue weighted by molar-refractivity contribution is -0.139. The van der Waals surface area contributed by atoms with E-state index in [4.69, 9.17) is 6.48 Å². The molecule has 1 N–H and O–H groups in total. The summed E-state index contributed by atoms with van der Waals surface area (Å²) in [4.78, 5) is 9.33. The first kappa shape index (κ1) is 6.98. The maximum atomic E-state index is 11.3. The molecular weight excluding hydrogens is 146 g/mol. The number of carboxylic acid groups (broad SMARTS) is 1. The zero-order valence-electron chi connectivity index (χ0n) is 4.02. The number of aliphatic carboxylic acids is 1. The van der Waals surface area contributed by atoms with Gasteiger partial charge in [-0.05, 0) is 0 Å². The van der Waals surface area contributed by atoms with Crippen molar-refractivity contribution < 1.29 is 15.7 Å². The highest BCUT2D eigenvalue weighted by Crippen LogP contribution is 1.93. The van der Waals surface area contributed by atoms with Gasteiger partial charge in [-0.3, -0.25) is 0 Å². The van der Waals surface area contributed by atoms with Crippen LogP contribution in [0.5, 0.6) is 0 Å². The molecule has 0 spiro atoms. The van der Waals surface area contributed by atoms with Gasteiger partial charge in [0.1, 0.15) is 0 Å². The van der Waals surface area contributed by atoms with E-state index in [2.05, 4.69) is 11.6 Å². The predicted molar refractivity (Wildman–Crippen MR) is 25.6 cm³/mol. The highest BCUT2D eigenvalue weighted by Gasteiger charge is 2.07.